The lowest BCUT2D eigenvalue weighted by Gasteiger charge is -2.17. The molecule has 1 saturated carbocycles. The topological polar surface area (TPSA) is 92.8 Å². The molecule has 8 heteroatoms. The van der Waals surface area contributed by atoms with Crippen molar-refractivity contribution in [3.8, 4) is 0 Å². The minimum absolute atomic E-state index is 0.142. The Morgan fingerprint density at radius 2 is 1.67 bits per heavy atom. The molecule has 3 amide bonds. The number of aryl methyl sites for hydroxylation is 1. The largest absolute Gasteiger partial charge is 0.452 e. The van der Waals surface area contributed by atoms with Gasteiger partial charge in [0.05, 0.1) is 23.1 Å². The Bertz CT molecular complexity index is 1180. The van der Waals surface area contributed by atoms with Crippen LogP contribution < -0.4 is 10.2 Å². The van der Waals surface area contributed by atoms with E-state index in [9.17, 15) is 19.2 Å². The molecule has 1 heterocycles. The molecule has 5 rings (SSSR count). The van der Waals surface area contributed by atoms with E-state index in [1.165, 1.54) is 17.0 Å². The first-order chi connectivity index (χ1) is 15.8. The lowest BCUT2D eigenvalue weighted by atomic mass is 9.85. The standard InChI is InChI=1S/C25H21BrN2O5/c1-13-10-17(6-9-19(13)26)27-20(29)12-33-25(32)14-4-7-18(8-5-14)28-23(30)21-15-2-3-16(11-15)22(21)24(28)31/h2-10,15-16,21-22H,11-12H2,1H3,(H,27,29)/t15-,16-,21-,22-/m0/s1. The Labute approximate surface area is 198 Å². The van der Waals surface area contributed by atoms with Gasteiger partial charge in [0, 0.05) is 10.2 Å². The van der Waals surface area contributed by atoms with Crippen molar-refractivity contribution in [2.24, 2.45) is 23.7 Å². The van der Waals surface area contributed by atoms with E-state index in [0.29, 0.717) is 11.4 Å². The first-order valence-electron chi connectivity index (χ1n) is 10.7. The van der Waals surface area contributed by atoms with Gasteiger partial charge in [-0.1, -0.05) is 28.1 Å². The van der Waals surface area contributed by atoms with Gasteiger partial charge in [0.25, 0.3) is 5.91 Å². The second-order valence-electron chi connectivity index (χ2n) is 8.65. The number of hydrogen-bond donors (Lipinski definition) is 1. The first-order valence-corrected chi connectivity index (χ1v) is 11.5. The van der Waals surface area contributed by atoms with Gasteiger partial charge in [-0.25, -0.2) is 4.79 Å². The van der Waals surface area contributed by atoms with Gasteiger partial charge in [0.2, 0.25) is 11.8 Å². The zero-order valence-electron chi connectivity index (χ0n) is 17.8. The molecule has 33 heavy (non-hydrogen) atoms. The molecule has 2 aliphatic carbocycles. The number of ether oxygens (including phenoxy) is 1. The molecule has 3 aliphatic rings. The maximum atomic E-state index is 12.9. The van der Waals surface area contributed by atoms with E-state index in [1.54, 1.807) is 24.3 Å². The highest BCUT2D eigenvalue weighted by Gasteiger charge is 2.59. The third-order valence-electron chi connectivity index (χ3n) is 6.61. The zero-order chi connectivity index (χ0) is 23.3. The van der Waals surface area contributed by atoms with Crippen molar-refractivity contribution in [3.63, 3.8) is 0 Å². The van der Waals surface area contributed by atoms with Gasteiger partial charge < -0.3 is 10.1 Å². The summed E-state index contributed by atoms with van der Waals surface area (Å²) in [6.45, 7) is 1.47. The molecule has 7 nitrogen and oxygen atoms in total. The highest BCUT2D eigenvalue weighted by Crippen LogP contribution is 2.53. The lowest BCUT2D eigenvalue weighted by Crippen LogP contribution is -2.32. The van der Waals surface area contributed by atoms with Crippen molar-refractivity contribution >= 4 is 51.0 Å². The second kappa shape index (κ2) is 8.26. The molecule has 4 atom stereocenters. The Hall–Kier alpha value is -3.26. The van der Waals surface area contributed by atoms with E-state index in [1.807, 2.05) is 25.1 Å². The summed E-state index contributed by atoms with van der Waals surface area (Å²) in [4.78, 5) is 51.5. The van der Waals surface area contributed by atoms with Crippen LogP contribution in [0.15, 0.2) is 59.1 Å². The molecule has 0 unspecified atom stereocenters. The number of hydrogen-bond acceptors (Lipinski definition) is 5. The average Bonchev–Trinajstić information content (AvgIpc) is 3.48. The van der Waals surface area contributed by atoms with Crippen LogP contribution in [0.4, 0.5) is 11.4 Å². The quantitative estimate of drug-likeness (QED) is 0.376. The number of imide groups is 1. The smallest absolute Gasteiger partial charge is 0.338 e. The number of rotatable bonds is 5. The SMILES string of the molecule is Cc1cc(NC(=O)COC(=O)c2ccc(N3C(=O)[C@@H]4[C@@H](C3=O)[C@H]3C=C[C@H]4C3)cc2)ccc1Br. The van der Waals surface area contributed by atoms with E-state index in [2.05, 4.69) is 21.2 Å². The predicted molar refractivity (Wildman–Crippen MR) is 124 cm³/mol. The molecule has 2 bridgehead atoms. The van der Waals surface area contributed by atoms with Crippen LogP contribution in [-0.2, 0) is 19.1 Å². The molecule has 1 aliphatic heterocycles. The number of fused-ring (bicyclic) bond motifs is 5. The maximum Gasteiger partial charge on any atom is 0.338 e. The van der Waals surface area contributed by atoms with Crippen molar-refractivity contribution in [3.05, 3.63) is 70.2 Å². The summed E-state index contributed by atoms with van der Waals surface area (Å²) >= 11 is 3.40. The van der Waals surface area contributed by atoms with Crippen molar-refractivity contribution in [2.75, 3.05) is 16.8 Å². The van der Waals surface area contributed by atoms with Crippen LogP contribution in [0, 0.1) is 30.6 Å². The molecule has 0 radical (unpaired) electrons. The minimum Gasteiger partial charge on any atom is -0.452 e. The molecule has 2 aromatic rings. The monoisotopic (exact) mass is 508 g/mol. The Morgan fingerprint density at radius 1 is 1.03 bits per heavy atom. The third-order valence-corrected chi connectivity index (χ3v) is 7.50. The van der Waals surface area contributed by atoms with E-state index in [4.69, 9.17) is 4.74 Å². The average molecular weight is 509 g/mol. The summed E-state index contributed by atoms with van der Waals surface area (Å²) < 4.78 is 6.04. The van der Waals surface area contributed by atoms with Crippen LogP contribution in [0.5, 0.6) is 0 Å². The number of amides is 3. The predicted octanol–water partition coefficient (Wildman–Crippen LogP) is 3.86. The van der Waals surface area contributed by atoms with Gasteiger partial charge in [-0.15, -0.1) is 0 Å². The fourth-order valence-electron chi connectivity index (χ4n) is 5.04. The number of anilines is 2. The Kier molecular flexibility index (Phi) is 5.40. The Balaban J connectivity index is 1.20. The highest BCUT2D eigenvalue weighted by molar-refractivity contribution is 9.10. The number of nitrogens with one attached hydrogen (secondary N) is 1. The first kappa shape index (κ1) is 21.6. The summed E-state index contributed by atoms with van der Waals surface area (Å²) in [5.74, 6) is -1.72. The number of allylic oxidation sites excluding steroid dienone is 2. The van der Waals surface area contributed by atoms with Crippen molar-refractivity contribution in [2.45, 2.75) is 13.3 Å². The van der Waals surface area contributed by atoms with Crippen molar-refractivity contribution in [1.82, 2.24) is 0 Å². The van der Waals surface area contributed by atoms with E-state index in [0.717, 1.165) is 16.5 Å². The van der Waals surface area contributed by atoms with Gasteiger partial charge in [-0.05, 0) is 73.2 Å². The van der Waals surface area contributed by atoms with Crippen LogP contribution in [0.1, 0.15) is 22.3 Å². The maximum absolute atomic E-state index is 12.9. The summed E-state index contributed by atoms with van der Waals surface area (Å²) in [7, 11) is 0. The molecule has 0 spiro atoms. The van der Waals surface area contributed by atoms with Gasteiger partial charge in [0.1, 0.15) is 0 Å². The number of benzene rings is 2. The molecule has 2 fully saturated rings. The molecular formula is C25H21BrN2O5. The lowest BCUT2D eigenvalue weighted by molar-refractivity contribution is -0.123. The van der Waals surface area contributed by atoms with Crippen LogP contribution in [0.3, 0.4) is 0 Å². The summed E-state index contributed by atoms with van der Waals surface area (Å²) in [5.41, 5.74) is 2.24. The number of nitrogens with zero attached hydrogens (tertiary/aromatic N) is 1. The number of halogens is 1. The summed E-state index contributed by atoms with van der Waals surface area (Å²) in [6, 6.07) is 11.5. The van der Waals surface area contributed by atoms with Gasteiger partial charge in [0.15, 0.2) is 6.61 Å². The van der Waals surface area contributed by atoms with Crippen LogP contribution in [0.25, 0.3) is 0 Å². The van der Waals surface area contributed by atoms with Gasteiger partial charge >= 0.3 is 5.97 Å². The van der Waals surface area contributed by atoms with E-state index in [-0.39, 0.29) is 41.0 Å². The van der Waals surface area contributed by atoms with Crippen LogP contribution >= 0.6 is 15.9 Å². The van der Waals surface area contributed by atoms with E-state index >= 15 is 0 Å². The molecular weight excluding hydrogens is 488 g/mol. The number of carbonyl (C=O) groups is 4. The second-order valence-corrected chi connectivity index (χ2v) is 9.50. The van der Waals surface area contributed by atoms with Crippen LogP contribution in [0.2, 0.25) is 0 Å². The molecule has 1 N–H and O–H groups in total. The Morgan fingerprint density at radius 3 is 2.27 bits per heavy atom. The molecule has 0 aromatic heterocycles. The van der Waals surface area contributed by atoms with E-state index < -0.39 is 18.5 Å². The highest BCUT2D eigenvalue weighted by atomic mass is 79.9. The fraction of sp³-hybridized carbons (Fsp3) is 0.280. The molecule has 168 valence electrons. The van der Waals surface area contributed by atoms with Crippen molar-refractivity contribution in [1.29, 1.82) is 0 Å². The zero-order valence-corrected chi connectivity index (χ0v) is 19.4. The third kappa shape index (κ3) is 3.78. The van der Waals surface area contributed by atoms with Gasteiger partial charge in [-0.3, -0.25) is 19.3 Å². The van der Waals surface area contributed by atoms with Crippen molar-refractivity contribution < 1.29 is 23.9 Å². The molecule has 1 saturated heterocycles. The number of carbonyl (C=O) groups excluding carboxylic acids is 4. The number of esters is 1. The fourth-order valence-corrected chi connectivity index (χ4v) is 5.28. The summed E-state index contributed by atoms with van der Waals surface area (Å²) in [6.07, 6.45) is 4.97. The van der Waals surface area contributed by atoms with Gasteiger partial charge in [-0.2, -0.15) is 0 Å². The minimum atomic E-state index is -0.665. The summed E-state index contributed by atoms with van der Waals surface area (Å²) in [5, 5.41) is 2.68. The normalized spacial score (nSPS) is 24.8. The molecule has 2 aromatic carbocycles. The van der Waals surface area contributed by atoms with Crippen LogP contribution in [-0.4, -0.2) is 30.3 Å².